The fraction of sp³-hybridized carbons (Fsp3) is 0.867. The van der Waals surface area contributed by atoms with Crippen LogP contribution in [0.3, 0.4) is 0 Å². The Bertz CT molecular complexity index is 238. The first-order chi connectivity index (χ1) is 8.19. The standard InChI is InChI=1S/C15H28N2/c1-5-9-16-11-15(13(3)4)17(10-6-2)12-14-7-8-14/h2,13-16H,5,7-12H2,1,3-4H3. The van der Waals surface area contributed by atoms with E-state index < -0.39 is 0 Å². The number of nitrogens with zero attached hydrogens (tertiary/aromatic N) is 1. The Morgan fingerprint density at radius 1 is 1.41 bits per heavy atom. The average molecular weight is 236 g/mol. The molecular formula is C15H28N2. The van der Waals surface area contributed by atoms with E-state index in [0.717, 1.165) is 25.6 Å². The summed E-state index contributed by atoms with van der Waals surface area (Å²) in [5, 5.41) is 3.54. The van der Waals surface area contributed by atoms with E-state index in [9.17, 15) is 0 Å². The number of hydrogen-bond acceptors (Lipinski definition) is 2. The Labute approximate surface area is 107 Å². The molecule has 0 aromatic heterocycles. The number of hydrogen-bond donors (Lipinski definition) is 1. The van der Waals surface area contributed by atoms with Crippen molar-refractivity contribution in [1.82, 2.24) is 10.2 Å². The van der Waals surface area contributed by atoms with E-state index in [0.29, 0.717) is 12.0 Å². The van der Waals surface area contributed by atoms with Crippen molar-refractivity contribution in [2.24, 2.45) is 11.8 Å². The molecular weight excluding hydrogens is 208 g/mol. The Morgan fingerprint density at radius 2 is 2.12 bits per heavy atom. The van der Waals surface area contributed by atoms with Crippen molar-refractivity contribution in [3.05, 3.63) is 0 Å². The van der Waals surface area contributed by atoms with E-state index in [1.165, 1.54) is 25.8 Å². The van der Waals surface area contributed by atoms with Crippen LogP contribution in [0.2, 0.25) is 0 Å². The minimum absolute atomic E-state index is 0.582. The van der Waals surface area contributed by atoms with Gasteiger partial charge >= 0.3 is 0 Å². The summed E-state index contributed by atoms with van der Waals surface area (Å²) < 4.78 is 0. The fourth-order valence-corrected chi connectivity index (χ4v) is 2.28. The third kappa shape index (κ3) is 5.57. The second-order valence-electron chi connectivity index (χ2n) is 5.59. The molecule has 0 aromatic carbocycles. The van der Waals surface area contributed by atoms with Crippen molar-refractivity contribution in [3.8, 4) is 12.3 Å². The van der Waals surface area contributed by atoms with E-state index >= 15 is 0 Å². The number of terminal acetylenes is 1. The molecule has 2 nitrogen and oxygen atoms in total. The van der Waals surface area contributed by atoms with E-state index in [4.69, 9.17) is 6.42 Å². The lowest BCUT2D eigenvalue weighted by Crippen LogP contribution is -2.46. The predicted molar refractivity (Wildman–Crippen MR) is 74.9 cm³/mol. The summed E-state index contributed by atoms with van der Waals surface area (Å²) in [6.07, 6.45) is 9.50. The fourth-order valence-electron chi connectivity index (χ4n) is 2.28. The highest BCUT2D eigenvalue weighted by molar-refractivity contribution is 4.93. The average Bonchev–Trinajstić information content (AvgIpc) is 3.07. The van der Waals surface area contributed by atoms with Crippen LogP contribution in [0.15, 0.2) is 0 Å². The van der Waals surface area contributed by atoms with Gasteiger partial charge in [0, 0.05) is 19.1 Å². The van der Waals surface area contributed by atoms with Gasteiger partial charge in [0.15, 0.2) is 0 Å². The van der Waals surface area contributed by atoms with E-state index in [1.54, 1.807) is 0 Å². The van der Waals surface area contributed by atoms with Crippen LogP contribution in [-0.2, 0) is 0 Å². The second-order valence-corrected chi connectivity index (χ2v) is 5.59. The maximum Gasteiger partial charge on any atom is 0.0601 e. The maximum absolute atomic E-state index is 5.51. The van der Waals surface area contributed by atoms with Crippen LogP contribution in [-0.4, -0.2) is 37.1 Å². The van der Waals surface area contributed by atoms with E-state index in [-0.39, 0.29) is 0 Å². The molecule has 1 fully saturated rings. The zero-order chi connectivity index (χ0) is 12.7. The molecule has 1 N–H and O–H groups in total. The molecule has 0 amide bonds. The molecule has 0 spiro atoms. The number of rotatable bonds is 9. The minimum Gasteiger partial charge on any atom is -0.315 e. The van der Waals surface area contributed by atoms with Crippen LogP contribution in [0.5, 0.6) is 0 Å². The van der Waals surface area contributed by atoms with Crippen molar-refractivity contribution in [2.75, 3.05) is 26.2 Å². The molecule has 1 atom stereocenters. The second kappa shape index (κ2) is 7.74. The summed E-state index contributed by atoms with van der Waals surface area (Å²) in [5.41, 5.74) is 0. The SMILES string of the molecule is C#CCN(CC1CC1)C(CNCCC)C(C)C. The van der Waals surface area contributed by atoms with Gasteiger partial charge in [0.2, 0.25) is 0 Å². The first-order valence-corrected chi connectivity index (χ1v) is 7.07. The maximum atomic E-state index is 5.51. The lowest BCUT2D eigenvalue weighted by Gasteiger charge is -2.33. The highest BCUT2D eigenvalue weighted by atomic mass is 15.2. The van der Waals surface area contributed by atoms with Gasteiger partial charge in [0.05, 0.1) is 6.54 Å². The molecule has 1 aliphatic rings. The van der Waals surface area contributed by atoms with Crippen molar-refractivity contribution >= 4 is 0 Å². The summed E-state index contributed by atoms with van der Waals surface area (Å²) in [4.78, 5) is 2.50. The smallest absolute Gasteiger partial charge is 0.0601 e. The molecule has 17 heavy (non-hydrogen) atoms. The van der Waals surface area contributed by atoms with Crippen LogP contribution in [0.4, 0.5) is 0 Å². The zero-order valence-electron chi connectivity index (χ0n) is 11.7. The largest absolute Gasteiger partial charge is 0.315 e. The van der Waals surface area contributed by atoms with Crippen LogP contribution in [0, 0.1) is 24.2 Å². The quantitative estimate of drug-likeness (QED) is 0.488. The van der Waals surface area contributed by atoms with Gasteiger partial charge in [0.25, 0.3) is 0 Å². The zero-order valence-corrected chi connectivity index (χ0v) is 11.7. The Balaban J connectivity index is 2.46. The van der Waals surface area contributed by atoms with Crippen LogP contribution in [0.25, 0.3) is 0 Å². The Morgan fingerprint density at radius 3 is 2.59 bits per heavy atom. The lowest BCUT2D eigenvalue weighted by atomic mass is 10.0. The molecule has 2 heteroatoms. The first kappa shape index (κ1) is 14.5. The molecule has 0 saturated heterocycles. The van der Waals surface area contributed by atoms with Gasteiger partial charge < -0.3 is 5.32 Å². The molecule has 1 rings (SSSR count). The molecule has 0 heterocycles. The summed E-state index contributed by atoms with van der Waals surface area (Å²) in [6.45, 7) is 11.0. The lowest BCUT2D eigenvalue weighted by molar-refractivity contribution is 0.164. The Hall–Kier alpha value is -0.520. The molecule has 0 radical (unpaired) electrons. The van der Waals surface area contributed by atoms with Gasteiger partial charge in [-0.05, 0) is 37.6 Å². The first-order valence-electron chi connectivity index (χ1n) is 7.07. The van der Waals surface area contributed by atoms with Crippen LogP contribution >= 0.6 is 0 Å². The van der Waals surface area contributed by atoms with Gasteiger partial charge in [-0.1, -0.05) is 26.7 Å². The third-order valence-corrected chi connectivity index (χ3v) is 3.50. The van der Waals surface area contributed by atoms with E-state index in [1.807, 2.05) is 0 Å². The molecule has 0 bridgehead atoms. The summed E-state index contributed by atoms with van der Waals surface area (Å²) in [5.74, 6) is 4.40. The molecule has 1 saturated carbocycles. The summed E-state index contributed by atoms with van der Waals surface area (Å²) >= 11 is 0. The van der Waals surface area contributed by atoms with Crippen molar-refractivity contribution in [2.45, 2.75) is 46.1 Å². The number of nitrogens with one attached hydrogen (secondary N) is 1. The van der Waals surface area contributed by atoms with E-state index in [2.05, 4.69) is 36.9 Å². The molecule has 0 aliphatic heterocycles. The van der Waals surface area contributed by atoms with Gasteiger partial charge in [-0.3, -0.25) is 4.90 Å². The topological polar surface area (TPSA) is 15.3 Å². The third-order valence-electron chi connectivity index (χ3n) is 3.50. The van der Waals surface area contributed by atoms with Gasteiger partial charge in [-0.15, -0.1) is 6.42 Å². The van der Waals surface area contributed by atoms with Crippen molar-refractivity contribution in [3.63, 3.8) is 0 Å². The predicted octanol–water partition coefficient (Wildman–Crippen LogP) is 2.36. The van der Waals surface area contributed by atoms with Gasteiger partial charge in [-0.2, -0.15) is 0 Å². The van der Waals surface area contributed by atoms with Crippen molar-refractivity contribution < 1.29 is 0 Å². The molecule has 1 unspecified atom stereocenters. The minimum atomic E-state index is 0.582. The monoisotopic (exact) mass is 236 g/mol. The molecule has 98 valence electrons. The summed E-state index contributed by atoms with van der Waals surface area (Å²) in [6, 6.07) is 0.582. The van der Waals surface area contributed by atoms with Gasteiger partial charge in [0.1, 0.15) is 0 Å². The normalized spacial score (nSPS) is 17.4. The highest BCUT2D eigenvalue weighted by Crippen LogP contribution is 2.30. The highest BCUT2D eigenvalue weighted by Gasteiger charge is 2.28. The molecule has 1 aliphatic carbocycles. The summed E-state index contributed by atoms with van der Waals surface area (Å²) in [7, 11) is 0. The molecule has 0 aromatic rings. The van der Waals surface area contributed by atoms with Crippen LogP contribution < -0.4 is 5.32 Å². The Kier molecular flexibility index (Phi) is 6.62. The van der Waals surface area contributed by atoms with Crippen molar-refractivity contribution in [1.29, 1.82) is 0 Å². The van der Waals surface area contributed by atoms with Crippen LogP contribution in [0.1, 0.15) is 40.0 Å². The van der Waals surface area contributed by atoms with Gasteiger partial charge in [-0.25, -0.2) is 0 Å².